The van der Waals surface area contributed by atoms with E-state index in [0.717, 1.165) is 12.8 Å². The van der Waals surface area contributed by atoms with Gasteiger partial charge in [0.05, 0.1) is 5.02 Å². The minimum Gasteiger partial charge on any atom is -0.211 e. The Labute approximate surface area is 129 Å². The molecule has 0 aliphatic heterocycles. The second-order valence-corrected chi connectivity index (χ2v) is 7.26. The van der Waals surface area contributed by atoms with Crippen LogP contribution in [0.15, 0.2) is 23.1 Å². The molecular formula is C12H16Cl3NO2S. The lowest BCUT2D eigenvalue weighted by Crippen LogP contribution is -2.25. The fourth-order valence-corrected chi connectivity index (χ4v) is 3.48. The van der Waals surface area contributed by atoms with Gasteiger partial charge in [0.25, 0.3) is 0 Å². The molecule has 1 atom stereocenters. The van der Waals surface area contributed by atoms with Crippen LogP contribution in [0.3, 0.4) is 0 Å². The van der Waals surface area contributed by atoms with Crippen LogP contribution in [0.2, 0.25) is 10.0 Å². The third-order valence-corrected chi connectivity index (χ3v) is 5.32. The molecule has 7 heteroatoms. The Kier molecular flexibility index (Phi) is 6.91. The Morgan fingerprint density at radius 1 is 1.32 bits per heavy atom. The lowest BCUT2D eigenvalue weighted by Gasteiger charge is -2.10. The topological polar surface area (TPSA) is 46.2 Å². The first-order chi connectivity index (χ1) is 8.86. The second kappa shape index (κ2) is 7.70. The van der Waals surface area contributed by atoms with Crippen molar-refractivity contribution in [3.8, 4) is 0 Å². The molecule has 1 rings (SSSR count). The summed E-state index contributed by atoms with van der Waals surface area (Å²) in [6, 6.07) is 4.35. The van der Waals surface area contributed by atoms with Crippen LogP contribution in [-0.2, 0) is 10.0 Å². The molecule has 1 N–H and O–H groups in total. The largest absolute Gasteiger partial charge is 0.242 e. The van der Waals surface area contributed by atoms with Crippen LogP contribution in [0.4, 0.5) is 0 Å². The van der Waals surface area contributed by atoms with Gasteiger partial charge in [0.15, 0.2) is 0 Å². The fourth-order valence-electron chi connectivity index (χ4n) is 1.50. The molecule has 0 aliphatic rings. The van der Waals surface area contributed by atoms with Crippen LogP contribution < -0.4 is 4.72 Å². The van der Waals surface area contributed by atoms with Crippen LogP contribution in [0.1, 0.15) is 19.8 Å². The zero-order chi connectivity index (χ0) is 14.5. The van der Waals surface area contributed by atoms with Gasteiger partial charge in [-0.15, -0.1) is 11.6 Å². The monoisotopic (exact) mass is 343 g/mol. The van der Waals surface area contributed by atoms with E-state index in [0.29, 0.717) is 23.4 Å². The molecule has 0 fully saturated rings. The van der Waals surface area contributed by atoms with Crippen molar-refractivity contribution in [3.05, 3.63) is 28.2 Å². The molecule has 0 saturated heterocycles. The van der Waals surface area contributed by atoms with E-state index in [4.69, 9.17) is 34.8 Å². The highest BCUT2D eigenvalue weighted by Crippen LogP contribution is 2.24. The molecule has 0 spiro atoms. The van der Waals surface area contributed by atoms with E-state index in [-0.39, 0.29) is 9.92 Å². The van der Waals surface area contributed by atoms with Gasteiger partial charge in [0.2, 0.25) is 10.0 Å². The number of sulfonamides is 1. The molecule has 0 radical (unpaired) electrons. The van der Waals surface area contributed by atoms with E-state index in [1.54, 1.807) is 6.07 Å². The molecule has 1 aromatic rings. The number of hydrogen-bond donors (Lipinski definition) is 1. The molecule has 0 heterocycles. The van der Waals surface area contributed by atoms with Crippen molar-refractivity contribution in [1.82, 2.24) is 4.72 Å². The smallest absolute Gasteiger partial charge is 0.211 e. The molecule has 0 amide bonds. The maximum atomic E-state index is 12.0. The zero-order valence-corrected chi connectivity index (χ0v) is 13.6. The molecule has 0 aliphatic carbocycles. The van der Waals surface area contributed by atoms with Crippen molar-refractivity contribution in [1.29, 1.82) is 0 Å². The normalized spacial score (nSPS) is 13.5. The van der Waals surface area contributed by atoms with Crippen LogP contribution in [-0.4, -0.2) is 20.8 Å². The summed E-state index contributed by atoms with van der Waals surface area (Å²) >= 11 is 17.3. The Balaban J connectivity index is 2.64. The van der Waals surface area contributed by atoms with Crippen molar-refractivity contribution >= 4 is 44.8 Å². The van der Waals surface area contributed by atoms with Gasteiger partial charge in [-0.05, 0) is 37.0 Å². The predicted octanol–water partition coefficient (Wildman–Crippen LogP) is 3.93. The van der Waals surface area contributed by atoms with E-state index in [1.807, 2.05) is 6.92 Å². The van der Waals surface area contributed by atoms with Crippen molar-refractivity contribution in [2.24, 2.45) is 5.92 Å². The first-order valence-corrected chi connectivity index (χ1v) is 8.65. The lowest BCUT2D eigenvalue weighted by molar-refractivity contribution is 0.543. The minimum absolute atomic E-state index is 0.00654. The maximum absolute atomic E-state index is 12.0. The fraction of sp³-hybridized carbons (Fsp3) is 0.500. The lowest BCUT2D eigenvalue weighted by atomic mass is 10.1. The molecule has 1 unspecified atom stereocenters. The number of nitrogens with one attached hydrogen (secondary N) is 1. The zero-order valence-electron chi connectivity index (χ0n) is 10.5. The average Bonchev–Trinajstić information content (AvgIpc) is 2.37. The summed E-state index contributed by atoms with van der Waals surface area (Å²) in [7, 11) is -3.62. The van der Waals surface area contributed by atoms with Gasteiger partial charge in [0.1, 0.15) is 4.90 Å². The van der Waals surface area contributed by atoms with E-state index in [1.165, 1.54) is 12.1 Å². The number of alkyl halides is 1. The van der Waals surface area contributed by atoms with Gasteiger partial charge in [-0.3, -0.25) is 0 Å². The van der Waals surface area contributed by atoms with Crippen molar-refractivity contribution in [2.45, 2.75) is 24.7 Å². The molecule has 108 valence electrons. The van der Waals surface area contributed by atoms with E-state index in [9.17, 15) is 8.42 Å². The Hall–Kier alpha value is -0.000000000000000111. The van der Waals surface area contributed by atoms with Crippen molar-refractivity contribution in [3.63, 3.8) is 0 Å². The second-order valence-electron chi connectivity index (χ2n) is 4.37. The summed E-state index contributed by atoms with van der Waals surface area (Å²) in [6.07, 6.45) is 1.60. The minimum atomic E-state index is -3.62. The average molecular weight is 345 g/mol. The van der Waals surface area contributed by atoms with E-state index in [2.05, 4.69) is 4.72 Å². The van der Waals surface area contributed by atoms with Gasteiger partial charge in [0, 0.05) is 17.4 Å². The van der Waals surface area contributed by atoms with Crippen molar-refractivity contribution < 1.29 is 8.42 Å². The van der Waals surface area contributed by atoms with Crippen LogP contribution in [0, 0.1) is 5.92 Å². The SMILES string of the molecule is CC(CCl)CCCNS(=O)(=O)c1cc(Cl)ccc1Cl. The third kappa shape index (κ3) is 5.48. The summed E-state index contributed by atoms with van der Waals surface area (Å²) in [5.74, 6) is 0.952. The van der Waals surface area contributed by atoms with Gasteiger partial charge in [-0.2, -0.15) is 0 Å². The van der Waals surface area contributed by atoms with Crippen molar-refractivity contribution in [2.75, 3.05) is 12.4 Å². The Morgan fingerprint density at radius 3 is 2.63 bits per heavy atom. The molecule has 3 nitrogen and oxygen atoms in total. The Bertz CT molecular complexity index is 520. The maximum Gasteiger partial charge on any atom is 0.242 e. The van der Waals surface area contributed by atoms with Crippen LogP contribution in [0.5, 0.6) is 0 Å². The number of rotatable bonds is 7. The molecular weight excluding hydrogens is 329 g/mol. The van der Waals surface area contributed by atoms with Gasteiger partial charge >= 0.3 is 0 Å². The highest BCUT2D eigenvalue weighted by atomic mass is 35.5. The molecule has 0 aromatic heterocycles. The first-order valence-electron chi connectivity index (χ1n) is 5.87. The van der Waals surface area contributed by atoms with E-state index < -0.39 is 10.0 Å². The van der Waals surface area contributed by atoms with Gasteiger partial charge in [-0.1, -0.05) is 30.1 Å². The summed E-state index contributed by atoms with van der Waals surface area (Å²) in [5, 5.41) is 0.492. The Morgan fingerprint density at radius 2 is 2.00 bits per heavy atom. The molecule has 1 aromatic carbocycles. The summed E-state index contributed by atoms with van der Waals surface area (Å²) in [5.41, 5.74) is 0. The van der Waals surface area contributed by atoms with Crippen LogP contribution in [0.25, 0.3) is 0 Å². The predicted molar refractivity (Wildman–Crippen MR) is 80.8 cm³/mol. The summed E-state index contributed by atoms with van der Waals surface area (Å²) < 4.78 is 26.6. The highest BCUT2D eigenvalue weighted by molar-refractivity contribution is 7.89. The molecule has 19 heavy (non-hydrogen) atoms. The summed E-state index contributed by atoms with van der Waals surface area (Å²) in [6.45, 7) is 2.38. The van der Waals surface area contributed by atoms with Crippen LogP contribution >= 0.6 is 34.8 Å². The summed E-state index contributed by atoms with van der Waals surface area (Å²) in [4.78, 5) is 0.00654. The number of benzene rings is 1. The quantitative estimate of drug-likeness (QED) is 0.602. The van der Waals surface area contributed by atoms with Gasteiger partial charge in [-0.25, -0.2) is 13.1 Å². The standard InChI is InChI=1S/C12H16Cl3NO2S/c1-9(8-13)3-2-6-16-19(17,18)12-7-10(14)4-5-11(12)15/h4-5,7,9,16H,2-3,6,8H2,1H3. The number of hydrogen-bond acceptors (Lipinski definition) is 2. The number of halogens is 3. The highest BCUT2D eigenvalue weighted by Gasteiger charge is 2.17. The molecule has 0 saturated carbocycles. The van der Waals surface area contributed by atoms with E-state index >= 15 is 0 Å². The molecule has 0 bridgehead atoms. The third-order valence-electron chi connectivity index (χ3n) is 2.61. The van der Waals surface area contributed by atoms with Gasteiger partial charge < -0.3 is 0 Å². The first kappa shape index (κ1) is 17.1.